The molecule has 5 N–H and O–H groups in total. The standard InChI is InChI=1S/C13H23N5O/c1-12(2)4-6-13(19,7-5-12)9-16-10-3-8-15-11(17-10)18-14/h3,8,19H,4-7,9,14H2,1-2H3,(H2,15,16,17,18). The molecule has 0 aromatic carbocycles. The first-order chi connectivity index (χ1) is 8.92. The summed E-state index contributed by atoms with van der Waals surface area (Å²) in [5, 5.41) is 13.7. The van der Waals surface area contributed by atoms with Crippen LogP contribution in [0.4, 0.5) is 11.8 Å². The van der Waals surface area contributed by atoms with Gasteiger partial charge >= 0.3 is 0 Å². The number of rotatable bonds is 4. The van der Waals surface area contributed by atoms with E-state index in [1.54, 1.807) is 12.3 Å². The fourth-order valence-electron chi connectivity index (χ4n) is 2.35. The number of hydrogen-bond acceptors (Lipinski definition) is 6. The summed E-state index contributed by atoms with van der Waals surface area (Å²) in [5.74, 6) is 6.29. The average Bonchev–Trinajstić information content (AvgIpc) is 2.41. The number of anilines is 2. The molecule has 0 amide bonds. The van der Waals surface area contributed by atoms with Crippen molar-refractivity contribution in [3.8, 4) is 0 Å². The molecule has 0 unspecified atom stereocenters. The van der Waals surface area contributed by atoms with Gasteiger partial charge in [-0.2, -0.15) is 4.98 Å². The first-order valence-electron chi connectivity index (χ1n) is 6.68. The van der Waals surface area contributed by atoms with Crippen LogP contribution in [0, 0.1) is 5.41 Å². The van der Waals surface area contributed by atoms with Crippen LogP contribution in [0.1, 0.15) is 39.5 Å². The number of nitrogen functional groups attached to an aromatic ring is 1. The van der Waals surface area contributed by atoms with Crippen molar-refractivity contribution >= 4 is 11.8 Å². The van der Waals surface area contributed by atoms with Crippen LogP contribution in [0.2, 0.25) is 0 Å². The molecule has 106 valence electrons. The van der Waals surface area contributed by atoms with Crippen LogP contribution in [0.5, 0.6) is 0 Å². The number of aliphatic hydroxyl groups is 1. The van der Waals surface area contributed by atoms with Crippen molar-refractivity contribution in [1.29, 1.82) is 0 Å². The van der Waals surface area contributed by atoms with Crippen LogP contribution in [0.25, 0.3) is 0 Å². The maximum Gasteiger partial charge on any atom is 0.239 e. The van der Waals surface area contributed by atoms with E-state index in [0.717, 1.165) is 25.7 Å². The van der Waals surface area contributed by atoms with Gasteiger partial charge in [-0.25, -0.2) is 10.8 Å². The number of nitrogens with two attached hydrogens (primary N) is 1. The zero-order valence-electron chi connectivity index (χ0n) is 11.6. The average molecular weight is 265 g/mol. The molecule has 1 aliphatic rings. The van der Waals surface area contributed by atoms with Gasteiger partial charge in [-0.1, -0.05) is 13.8 Å². The van der Waals surface area contributed by atoms with E-state index in [4.69, 9.17) is 5.84 Å². The molecule has 6 nitrogen and oxygen atoms in total. The zero-order chi connectivity index (χ0) is 13.9. The summed E-state index contributed by atoms with van der Waals surface area (Å²) in [7, 11) is 0. The highest BCUT2D eigenvalue weighted by Crippen LogP contribution is 2.40. The Morgan fingerprint density at radius 3 is 2.63 bits per heavy atom. The van der Waals surface area contributed by atoms with Crippen molar-refractivity contribution in [3.63, 3.8) is 0 Å². The molecule has 1 fully saturated rings. The lowest BCUT2D eigenvalue weighted by molar-refractivity contribution is -0.0145. The Kier molecular flexibility index (Phi) is 3.91. The third kappa shape index (κ3) is 3.78. The van der Waals surface area contributed by atoms with Crippen LogP contribution in [0.15, 0.2) is 12.3 Å². The summed E-state index contributed by atoms with van der Waals surface area (Å²) < 4.78 is 0. The van der Waals surface area contributed by atoms with E-state index in [0.29, 0.717) is 23.7 Å². The van der Waals surface area contributed by atoms with Crippen LogP contribution < -0.4 is 16.6 Å². The molecule has 6 heteroatoms. The molecule has 1 saturated carbocycles. The highest BCUT2D eigenvalue weighted by molar-refractivity contribution is 5.39. The SMILES string of the molecule is CC1(C)CCC(O)(CNc2ccnc(NN)n2)CC1. The smallest absolute Gasteiger partial charge is 0.239 e. The van der Waals surface area contributed by atoms with Crippen LogP contribution >= 0.6 is 0 Å². The summed E-state index contributed by atoms with van der Waals surface area (Å²) >= 11 is 0. The van der Waals surface area contributed by atoms with Crippen molar-refractivity contribution in [2.45, 2.75) is 45.1 Å². The fourth-order valence-corrected chi connectivity index (χ4v) is 2.35. The lowest BCUT2D eigenvalue weighted by atomic mass is 9.71. The second kappa shape index (κ2) is 5.30. The van der Waals surface area contributed by atoms with Gasteiger partial charge in [0.2, 0.25) is 5.95 Å². The first-order valence-corrected chi connectivity index (χ1v) is 6.68. The lowest BCUT2D eigenvalue weighted by Crippen LogP contribution is -2.42. The van der Waals surface area contributed by atoms with Crippen molar-refractivity contribution in [1.82, 2.24) is 9.97 Å². The molecular formula is C13H23N5O. The maximum atomic E-state index is 10.5. The quantitative estimate of drug-likeness (QED) is 0.487. The molecular weight excluding hydrogens is 242 g/mol. The van der Waals surface area contributed by atoms with Gasteiger partial charge in [0.25, 0.3) is 0 Å². The summed E-state index contributed by atoms with van der Waals surface area (Å²) in [6.07, 6.45) is 5.35. The van der Waals surface area contributed by atoms with Crippen molar-refractivity contribution < 1.29 is 5.11 Å². The Balaban J connectivity index is 1.91. The van der Waals surface area contributed by atoms with Gasteiger partial charge in [-0.15, -0.1) is 0 Å². The lowest BCUT2D eigenvalue weighted by Gasteiger charge is -2.40. The highest BCUT2D eigenvalue weighted by atomic mass is 16.3. The highest BCUT2D eigenvalue weighted by Gasteiger charge is 2.36. The maximum absolute atomic E-state index is 10.5. The monoisotopic (exact) mass is 265 g/mol. The van der Waals surface area contributed by atoms with Gasteiger partial charge < -0.3 is 10.4 Å². The fraction of sp³-hybridized carbons (Fsp3) is 0.692. The molecule has 0 bridgehead atoms. The predicted octanol–water partition coefficient (Wildman–Crippen LogP) is 1.51. The van der Waals surface area contributed by atoms with Crippen molar-refractivity contribution in [2.75, 3.05) is 17.3 Å². The van der Waals surface area contributed by atoms with Gasteiger partial charge in [-0.3, -0.25) is 5.43 Å². The largest absolute Gasteiger partial charge is 0.388 e. The topological polar surface area (TPSA) is 96.1 Å². The Morgan fingerprint density at radius 2 is 2.00 bits per heavy atom. The zero-order valence-corrected chi connectivity index (χ0v) is 11.6. The molecule has 0 atom stereocenters. The van der Waals surface area contributed by atoms with E-state index in [1.165, 1.54) is 0 Å². The minimum atomic E-state index is -0.642. The third-order valence-corrected chi connectivity index (χ3v) is 3.92. The number of hydrogen-bond donors (Lipinski definition) is 4. The Morgan fingerprint density at radius 1 is 1.32 bits per heavy atom. The van der Waals surface area contributed by atoms with Crippen molar-refractivity contribution in [2.24, 2.45) is 11.3 Å². The first kappa shape index (κ1) is 14.0. The second-order valence-corrected chi connectivity index (χ2v) is 6.15. The summed E-state index contributed by atoms with van der Waals surface area (Å²) in [4.78, 5) is 8.11. The van der Waals surface area contributed by atoms with Crippen LogP contribution in [-0.4, -0.2) is 27.2 Å². The van der Waals surface area contributed by atoms with Gasteiger partial charge in [0.05, 0.1) is 5.60 Å². The molecule has 1 heterocycles. The van der Waals surface area contributed by atoms with Gasteiger partial charge in [-0.05, 0) is 37.2 Å². The molecule has 1 aliphatic carbocycles. The minimum Gasteiger partial charge on any atom is -0.388 e. The molecule has 0 aliphatic heterocycles. The molecule has 2 rings (SSSR count). The van der Waals surface area contributed by atoms with Gasteiger partial charge in [0.1, 0.15) is 5.82 Å². The second-order valence-electron chi connectivity index (χ2n) is 6.15. The Labute approximate surface area is 113 Å². The van der Waals surface area contributed by atoms with E-state index in [2.05, 4.69) is 34.6 Å². The van der Waals surface area contributed by atoms with E-state index in [-0.39, 0.29) is 0 Å². The predicted molar refractivity (Wildman–Crippen MR) is 75.5 cm³/mol. The Hall–Kier alpha value is -1.40. The van der Waals surface area contributed by atoms with Crippen LogP contribution in [-0.2, 0) is 0 Å². The summed E-state index contributed by atoms with van der Waals surface area (Å²) in [5.41, 5.74) is 2.10. The van der Waals surface area contributed by atoms with E-state index in [1.807, 2.05) is 0 Å². The van der Waals surface area contributed by atoms with Crippen LogP contribution in [0.3, 0.4) is 0 Å². The molecule has 19 heavy (non-hydrogen) atoms. The normalized spacial score (nSPS) is 20.8. The van der Waals surface area contributed by atoms with Gasteiger partial charge in [0.15, 0.2) is 0 Å². The minimum absolute atomic E-state index is 0.345. The van der Waals surface area contributed by atoms with Crippen molar-refractivity contribution in [3.05, 3.63) is 12.3 Å². The Bertz CT molecular complexity index is 425. The van der Waals surface area contributed by atoms with Gasteiger partial charge in [0, 0.05) is 12.7 Å². The molecule has 0 radical (unpaired) electrons. The third-order valence-electron chi connectivity index (χ3n) is 3.92. The van der Waals surface area contributed by atoms with E-state index >= 15 is 0 Å². The number of nitrogens with zero attached hydrogens (tertiary/aromatic N) is 2. The molecule has 1 aromatic rings. The molecule has 1 aromatic heterocycles. The number of nitrogens with one attached hydrogen (secondary N) is 2. The van der Waals surface area contributed by atoms with E-state index in [9.17, 15) is 5.11 Å². The number of hydrazine groups is 1. The molecule has 0 spiro atoms. The summed E-state index contributed by atoms with van der Waals surface area (Å²) in [6.45, 7) is 5.01. The molecule has 0 saturated heterocycles. The van der Waals surface area contributed by atoms with E-state index < -0.39 is 5.60 Å². The number of aromatic nitrogens is 2. The summed E-state index contributed by atoms with van der Waals surface area (Å²) in [6, 6.07) is 1.76.